The van der Waals surface area contributed by atoms with Gasteiger partial charge in [0, 0.05) is 24.8 Å². The summed E-state index contributed by atoms with van der Waals surface area (Å²) in [5.41, 5.74) is 1.36. The van der Waals surface area contributed by atoms with E-state index in [0.29, 0.717) is 0 Å². The van der Waals surface area contributed by atoms with Gasteiger partial charge in [0.1, 0.15) is 0 Å². The fourth-order valence-corrected chi connectivity index (χ4v) is 2.01. The Morgan fingerprint density at radius 3 is 2.86 bits per heavy atom. The average Bonchev–Trinajstić information content (AvgIpc) is 2.85. The highest BCUT2D eigenvalue weighted by atomic mass is 15.1. The molecule has 14 heavy (non-hydrogen) atoms. The van der Waals surface area contributed by atoms with Gasteiger partial charge in [-0.25, -0.2) is 4.98 Å². The van der Waals surface area contributed by atoms with Gasteiger partial charge in [-0.05, 0) is 25.7 Å². The van der Waals surface area contributed by atoms with Gasteiger partial charge in [0.2, 0.25) is 0 Å². The van der Waals surface area contributed by atoms with Crippen LogP contribution in [0, 0.1) is 0 Å². The molecule has 3 rings (SSSR count). The van der Waals surface area contributed by atoms with Gasteiger partial charge in [-0.3, -0.25) is 0 Å². The lowest BCUT2D eigenvalue weighted by atomic mass is 9.93. The lowest BCUT2D eigenvalue weighted by Gasteiger charge is -2.26. The number of hydrogen-bond acceptors (Lipinski definition) is 2. The zero-order chi connectivity index (χ0) is 9.38. The summed E-state index contributed by atoms with van der Waals surface area (Å²) in [4.78, 5) is 4.23. The predicted molar refractivity (Wildman–Crippen MR) is 55.0 cm³/mol. The summed E-state index contributed by atoms with van der Waals surface area (Å²) in [5, 5.41) is 3.58. The smallest absolute Gasteiger partial charge is 0.0951 e. The zero-order valence-corrected chi connectivity index (χ0v) is 8.45. The minimum Gasteiger partial charge on any atom is -0.330 e. The van der Waals surface area contributed by atoms with Gasteiger partial charge < -0.3 is 9.88 Å². The Kier molecular flexibility index (Phi) is 2.05. The van der Waals surface area contributed by atoms with Crippen molar-refractivity contribution in [2.24, 2.45) is 0 Å². The first kappa shape index (κ1) is 8.48. The van der Waals surface area contributed by atoms with Crippen molar-refractivity contribution < 1.29 is 0 Å². The van der Waals surface area contributed by atoms with E-state index < -0.39 is 0 Å². The predicted octanol–water partition coefficient (Wildman–Crippen LogP) is 1.86. The largest absolute Gasteiger partial charge is 0.330 e. The number of rotatable bonds is 4. The van der Waals surface area contributed by atoms with Crippen molar-refractivity contribution >= 4 is 0 Å². The summed E-state index contributed by atoms with van der Waals surface area (Å²) in [5.74, 6) is 0. The molecule has 0 radical (unpaired) electrons. The van der Waals surface area contributed by atoms with Crippen LogP contribution in [0.5, 0.6) is 0 Å². The molecule has 3 nitrogen and oxygen atoms in total. The summed E-state index contributed by atoms with van der Waals surface area (Å²) >= 11 is 0. The van der Waals surface area contributed by atoms with Crippen molar-refractivity contribution in [3.05, 3.63) is 18.2 Å². The van der Waals surface area contributed by atoms with Crippen LogP contribution in [0.3, 0.4) is 0 Å². The van der Waals surface area contributed by atoms with E-state index in [-0.39, 0.29) is 0 Å². The van der Waals surface area contributed by atoms with E-state index in [2.05, 4.69) is 14.9 Å². The number of nitrogens with one attached hydrogen (secondary N) is 1. The van der Waals surface area contributed by atoms with Crippen LogP contribution >= 0.6 is 0 Å². The van der Waals surface area contributed by atoms with Crippen molar-refractivity contribution in [3.8, 4) is 0 Å². The second-order valence-electron chi connectivity index (χ2n) is 4.53. The molecule has 1 aromatic rings. The van der Waals surface area contributed by atoms with Gasteiger partial charge in [-0.2, -0.15) is 0 Å². The quantitative estimate of drug-likeness (QED) is 0.787. The van der Waals surface area contributed by atoms with Crippen LogP contribution in [-0.2, 0) is 6.54 Å². The van der Waals surface area contributed by atoms with E-state index in [1.807, 2.05) is 12.5 Å². The molecule has 0 bridgehead atoms. The normalized spacial score (nSPS) is 22.3. The van der Waals surface area contributed by atoms with Gasteiger partial charge in [0.05, 0.1) is 12.0 Å². The summed E-state index contributed by atoms with van der Waals surface area (Å²) < 4.78 is 2.34. The SMILES string of the molecule is c1ncn(C2CC2)c1CNC1CCC1. The van der Waals surface area contributed by atoms with Crippen LogP contribution < -0.4 is 5.32 Å². The standard InChI is InChI=1S/C11H17N3/c1-2-9(3-1)13-7-11-6-12-8-14(11)10-4-5-10/h6,8-10,13H,1-5,7H2. The molecule has 2 aliphatic carbocycles. The Balaban J connectivity index is 1.60. The molecule has 1 N–H and O–H groups in total. The van der Waals surface area contributed by atoms with E-state index in [4.69, 9.17) is 0 Å². The van der Waals surface area contributed by atoms with Crippen LogP contribution in [0.2, 0.25) is 0 Å². The summed E-state index contributed by atoms with van der Waals surface area (Å²) in [6.45, 7) is 1.00. The Morgan fingerprint density at radius 2 is 2.21 bits per heavy atom. The number of hydrogen-bond donors (Lipinski definition) is 1. The van der Waals surface area contributed by atoms with Crippen LogP contribution in [0.4, 0.5) is 0 Å². The number of aromatic nitrogens is 2. The highest BCUT2D eigenvalue weighted by Gasteiger charge is 2.25. The fourth-order valence-electron chi connectivity index (χ4n) is 2.01. The van der Waals surface area contributed by atoms with Crippen molar-refractivity contribution in [1.29, 1.82) is 0 Å². The van der Waals surface area contributed by atoms with E-state index in [1.165, 1.54) is 37.8 Å². The molecule has 2 saturated carbocycles. The maximum absolute atomic E-state index is 4.23. The minimum atomic E-state index is 0.760. The molecular weight excluding hydrogens is 174 g/mol. The molecule has 0 spiro atoms. The molecule has 0 unspecified atom stereocenters. The second kappa shape index (κ2) is 3.39. The second-order valence-corrected chi connectivity index (χ2v) is 4.53. The van der Waals surface area contributed by atoms with E-state index in [0.717, 1.165) is 18.6 Å². The van der Waals surface area contributed by atoms with Crippen molar-refractivity contribution in [2.75, 3.05) is 0 Å². The third-order valence-electron chi connectivity index (χ3n) is 3.36. The van der Waals surface area contributed by atoms with E-state index in [9.17, 15) is 0 Å². The molecule has 0 atom stereocenters. The number of imidazole rings is 1. The molecule has 0 aliphatic heterocycles. The fraction of sp³-hybridized carbons (Fsp3) is 0.727. The molecule has 1 heterocycles. The molecule has 2 aliphatic rings. The molecule has 0 aromatic carbocycles. The van der Waals surface area contributed by atoms with Gasteiger partial charge in [0.25, 0.3) is 0 Å². The molecule has 76 valence electrons. The molecule has 0 saturated heterocycles. The maximum atomic E-state index is 4.23. The first-order chi connectivity index (χ1) is 6.93. The summed E-state index contributed by atoms with van der Waals surface area (Å²) in [6, 6.07) is 1.54. The summed E-state index contributed by atoms with van der Waals surface area (Å²) in [7, 11) is 0. The summed E-state index contributed by atoms with van der Waals surface area (Å²) in [6.07, 6.45) is 10.8. The Morgan fingerprint density at radius 1 is 1.36 bits per heavy atom. The highest BCUT2D eigenvalue weighted by Crippen LogP contribution is 2.35. The van der Waals surface area contributed by atoms with Crippen molar-refractivity contribution in [1.82, 2.24) is 14.9 Å². The van der Waals surface area contributed by atoms with Gasteiger partial charge in [-0.1, -0.05) is 6.42 Å². The lowest BCUT2D eigenvalue weighted by molar-refractivity contribution is 0.335. The minimum absolute atomic E-state index is 0.760. The van der Waals surface area contributed by atoms with Crippen LogP contribution in [0.25, 0.3) is 0 Å². The molecule has 1 aromatic heterocycles. The number of nitrogens with zero attached hydrogens (tertiary/aromatic N) is 2. The lowest BCUT2D eigenvalue weighted by Crippen LogP contribution is -2.34. The Hall–Kier alpha value is -0.830. The maximum Gasteiger partial charge on any atom is 0.0951 e. The first-order valence-corrected chi connectivity index (χ1v) is 5.67. The molecule has 3 heteroatoms. The highest BCUT2D eigenvalue weighted by molar-refractivity contribution is 5.03. The van der Waals surface area contributed by atoms with Crippen LogP contribution in [0.1, 0.15) is 43.8 Å². The van der Waals surface area contributed by atoms with Crippen molar-refractivity contribution in [2.45, 2.75) is 50.7 Å². The van der Waals surface area contributed by atoms with Crippen molar-refractivity contribution in [3.63, 3.8) is 0 Å². The molecular formula is C11H17N3. The van der Waals surface area contributed by atoms with Gasteiger partial charge >= 0.3 is 0 Å². The van der Waals surface area contributed by atoms with Crippen LogP contribution in [-0.4, -0.2) is 15.6 Å². The Bertz CT molecular complexity index is 310. The Labute approximate surface area is 84.5 Å². The third-order valence-corrected chi connectivity index (χ3v) is 3.36. The van der Waals surface area contributed by atoms with E-state index in [1.54, 1.807) is 0 Å². The monoisotopic (exact) mass is 191 g/mol. The topological polar surface area (TPSA) is 29.9 Å². The van der Waals surface area contributed by atoms with Crippen LogP contribution in [0.15, 0.2) is 12.5 Å². The first-order valence-electron chi connectivity index (χ1n) is 5.67. The average molecular weight is 191 g/mol. The molecule has 2 fully saturated rings. The van der Waals surface area contributed by atoms with Gasteiger partial charge in [-0.15, -0.1) is 0 Å². The zero-order valence-electron chi connectivity index (χ0n) is 8.45. The molecule has 0 amide bonds. The van der Waals surface area contributed by atoms with E-state index >= 15 is 0 Å². The van der Waals surface area contributed by atoms with Gasteiger partial charge in [0.15, 0.2) is 0 Å². The third kappa shape index (κ3) is 1.57.